The van der Waals surface area contributed by atoms with Gasteiger partial charge in [-0.05, 0) is 19.3 Å². The third-order valence-electron chi connectivity index (χ3n) is 5.20. The minimum Gasteiger partial charge on any atom is -0.391 e. The highest BCUT2D eigenvalue weighted by molar-refractivity contribution is 7.52. The standard InChI is InChI=1S/C22H47N2O5P/c1-6-8-10-11-13-14-21(25)20(23-22(26)15-12-9-7-2)16-19-30(27,28)29-18-17-24(3,4)5/h20-21,25H,6-19H2,1-5H3,(H-,23,26,27,28)/p+1. The van der Waals surface area contributed by atoms with Crippen LogP contribution in [0.15, 0.2) is 0 Å². The first kappa shape index (κ1) is 29.5. The zero-order valence-corrected chi connectivity index (χ0v) is 21.0. The molecular formula is C22H48N2O5P+. The summed E-state index contributed by atoms with van der Waals surface area (Å²) in [5, 5.41) is 13.5. The Balaban J connectivity index is 4.68. The van der Waals surface area contributed by atoms with Crippen LogP contribution in [0.4, 0.5) is 0 Å². The molecule has 0 aromatic rings. The molecule has 0 saturated heterocycles. The Labute approximate surface area is 184 Å². The van der Waals surface area contributed by atoms with Crippen molar-refractivity contribution in [1.29, 1.82) is 0 Å². The molecule has 0 saturated carbocycles. The van der Waals surface area contributed by atoms with E-state index < -0.39 is 19.7 Å². The second-order valence-electron chi connectivity index (χ2n) is 9.40. The lowest BCUT2D eigenvalue weighted by Crippen LogP contribution is -2.44. The van der Waals surface area contributed by atoms with Gasteiger partial charge in [0, 0.05) is 6.42 Å². The zero-order valence-electron chi connectivity index (χ0n) is 20.1. The Morgan fingerprint density at radius 1 is 1.00 bits per heavy atom. The van der Waals surface area contributed by atoms with Crippen molar-refractivity contribution >= 4 is 13.5 Å². The number of aliphatic hydroxyl groups excluding tert-OH is 1. The molecule has 0 rings (SSSR count). The van der Waals surface area contributed by atoms with E-state index in [2.05, 4.69) is 19.2 Å². The SMILES string of the molecule is CCCCCCCC(O)C(CCP(=O)(O)OCC[N+](C)(C)C)NC(=O)CCCCC. The Hall–Kier alpha value is -0.460. The van der Waals surface area contributed by atoms with Crippen LogP contribution in [0.2, 0.25) is 0 Å². The maximum atomic E-state index is 12.4. The van der Waals surface area contributed by atoms with Crippen molar-refractivity contribution in [3.63, 3.8) is 0 Å². The number of nitrogens with zero attached hydrogens (tertiary/aromatic N) is 1. The van der Waals surface area contributed by atoms with Gasteiger partial charge >= 0.3 is 7.60 Å². The monoisotopic (exact) mass is 451 g/mol. The molecule has 7 nitrogen and oxygen atoms in total. The summed E-state index contributed by atoms with van der Waals surface area (Å²) in [6.07, 6.45) is 8.72. The first-order valence-corrected chi connectivity index (χ1v) is 13.5. The lowest BCUT2D eigenvalue weighted by atomic mass is 10.0. The minimum atomic E-state index is -3.75. The lowest BCUT2D eigenvalue weighted by molar-refractivity contribution is -0.870. The van der Waals surface area contributed by atoms with Gasteiger partial charge in [-0.25, -0.2) is 0 Å². The van der Waals surface area contributed by atoms with Gasteiger partial charge in [-0.3, -0.25) is 9.36 Å². The molecule has 0 heterocycles. The molecule has 0 bridgehead atoms. The molecule has 0 radical (unpaired) electrons. The molecule has 0 fully saturated rings. The largest absolute Gasteiger partial charge is 0.391 e. The van der Waals surface area contributed by atoms with Gasteiger partial charge in [0.25, 0.3) is 0 Å². The van der Waals surface area contributed by atoms with Crippen molar-refractivity contribution in [2.75, 3.05) is 40.5 Å². The molecule has 1 amide bonds. The molecule has 30 heavy (non-hydrogen) atoms. The number of hydrogen-bond donors (Lipinski definition) is 3. The van der Waals surface area contributed by atoms with Crippen LogP contribution in [0.25, 0.3) is 0 Å². The van der Waals surface area contributed by atoms with Crippen molar-refractivity contribution in [2.45, 2.75) is 96.6 Å². The number of likely N-dealkylation sites (N-methyl/N-ethyl adjacent to an activating group) is 1. The number of carbonyl (C=O) groups excluding carboxylic acids is 1. The normalized spacial score (nSPS) is 16.1. The van der Waals surface area contributed by atoms with Crippen LogP contribution in [0.1, 0.15) is 84.5 Å². The van der Waals surface area contributed by atoms with E-state index in [4.69, 9.17) is 4.52 Å². The third kappa shape index (κ3) is 17.2. The molecular weight excluding hydrogens is 403 g/mol. The Kier molecular flexibility index (Phi) is 16.0. The summed E-state index contributed by atoms with van der Waals surface area (Å²) in [4.78, 5) is 22.4. The Bertz CT molecular complexity index is 496. The average molecular weight is 452 g/mol. The van der Waals surface area contributed by atoms with E-state index >= 15 is 0 Å². The number of hydrogen-bond acceptors (Lipinski definition) is 4. The van der Waals surface area contributed by atoms with E-state index in [1.807, 2.05) is 21.1 Å². The maximum Gasteiger partial charge on any atom is 0.328 e. The Morgan fingerprint density at radius 2 is 1.60 bits per heavy atom. The quantitative estimate of drug-likeness (QED) is 0.156. The molecule has 0 aliphatic carbocycles. The van der Waals surface area contributed by atoms with Crippen LogP contribution in [0.3, 0.4) is 0 Å². The van der Waals surface area contributed by atoms with Crippen LogP contribution in [-0.4, -0.2) is 73.0 Å². The molecule has 8 heteroatoms. The van der Waals surface area contributed by atoms with Gasteiger partial charge in [0.05, 0.1) is 39.5 Å². The first-order valence-electron chi connectivity index (χ1n) is 11.7. The lowest BCUT2D eigenvalue weighted by Gasteiger charge is -2.26. The number of rotatable bonds is 19. The van der Waals surface area contributed by atoms with Gasteiger partial charge in [0.2, 0.25) is 5.91 Å². The smallest absolute Gasteiger partial charge is 0.328 e. The summed E-state index contributed by atoms with van der Waals surface area (Å²) in [6.45, 7) is 5.07. The van der Waals surface area contributed by atoms with Crippen molar-refractivity contribution in [3.8, 4) is 0 Å². The fraction of sp³-hybridized carbons (Fsp3) is 0.955. The summed E-state index contributed by atoms with van der Waals surface area (Å²) in [6, 6.07) is -0.521. The zero-order chi connectivity index (χ0) is 23.0. The molecule has 0 spiro atoms. The van der Waals surface area contributed by atoms with E-state index in [1.54, 1.807) is 0 Å². The second-order valence-corrected chi connectivity index (χ2v) is 11.4. The Morgan fingerprint density at radius 3 is 2.20 bits per heavy atom. The summed E-state index contributed by atoms with van der Waals surface area (Å²) in [5.41, 5.74) is 0. The van der Waals surface area contributed by atoms with Crippen LogP contribution in [0, 0.1) is 0 Å². The van der Waals surface area contributed by atoms with E-state index in [-0.39, 0.29) is 25.1 Å². The molecule has 0 aromatic heterocycles. The summed E-state index contributed by atoms with van der Waals surface area (Å²) < 4.78 is 18.3. The molecule has 3 N–H and O–H groups in total. The first-order chi connectivity index (χ1) is 14.0. The number of unbranched alkanes of at least 4 members (excludes halogenated alkanes) is 6. The van der Waals surface area contributed by atoms with Crippen LogP contribution < -0.4 is 5.32 Å². The second kappa shape index (κ2) is 16.2. The molecule has 0 aromatic carbocycles. The summed E-state index contributed by atoms with van der Waals surface area (Å²) in [5.74, 6) is -0.0998. The van der Waals surface area contributed by atoms with E-state index in [1.165, 1.54) is 12.8 Å². The van der Waals surface area contributed by atoms with Crippen molar-refractivity contribution < 1.29 is 28.4 Å². The van der Waals surface area contributed by atoms with E-state index in [9.17, 15) is 19.4 Å². The molecule has 3 atom stereocenters. The number of aliphatic hydroxyl groups is 1. The number of quaternary nitrogens is 1. The maximum absolute atomic E-state index is 12.4. The van der Waals surface area contributed by atoms with Crippen molar-refractivity contribution in [3.05, 3.63) is 0 Å². The predicted octanol–water partition coefficient (Wildman–Crippen LogP) is 4.07. The highest BCUT2D eigenvalue weighted by Crippen LogP contribution is 2.42. The van der Waals surface area contributed by atoms with Crippen LogP contribution >= 0.6 is 7.60 Å². The predicted molar refractivity (Wildman–Crippen MR) is 124 cm³/mol. The van der Waals surface area contributed by atoms with E-state index in [0.717, 1.165) is 38.5 Å². The van der Waals surface area contributed by atoms with Gasteiger partial charge in [-0.15, -0.1) is 0 Å². The van der Waals surface area contributed by atoms with E-state index in [0.29, 0.717) is 23.9 Å². The minimum absolute atomic E-state index is 0.0725. The van der Waals surface area contributed by atoms with Gasteiger partial charge in [-0.1, -0.05) is 58.8 Å². The number of carbonyl (C=O) groups is 1. The van der Waals surface area contributed by atoms with Crippen molar-refractivity contribution in [2.24, 2.45) is 0 Å². The summed E-state index contributed by atoms with van der Waals surface area (Å²) >= 11 is 0. The topological polar surface area (TPSA) is 95.9 Å². The van der Waals surface area contributed by atoms with Gasteiger partial charge < -0.3 is 24.3 Å². The molecule has 0 aliphatic heterocycles. The molecule has 3 unspecified atom stereocenters. The summed E-state index contributed by atoms with van der Waals surface area (Å²) in [7, 11) is 2.22. The molecule has 0 aliphatic rings. The van der Waals surface area contributed by atoms with Gasteiger partial charge in [0.1, 0.15) is 13.2 Å². The van der Waals surface area contributed by atoms with Gasteiger partial charge in [-0.2, -0.15) is 0 Å². The average Bonchev–Trinajstić information content (AvgIpc) is 2.63. The van der Waals surface area contributed by atoms with Gasteiger partial charge in [0.15, 0.2) is 0 Å². The molecule has 180 valence electrons. The van der Waals surface area contributed by atoms with Crippen LogP contribution in [-0.2, 0) is 13.9 Å². The highest BCUT2D eigenvalue weighted by Gasteiger charge is 2.27. The van der Waals surface area contributed by atoms with Crippen molar-refractivity contribution in [1.82, 2.24) is 5.32 Å². The fourth-order valence-electron chi connectivity index (χ4n) is 3.16. The van der Waals surface area contributed by atoms with Crippen LogP contribution in [0.5, 0.6) is 0 Å². The third-order valence-corrected chi connectivity index (χ3v) is 6.61. The number of amides is 1. The fourth-order valence-corrected chi connectivity index (χ4v) is 4.26. The number of nitrogens with one attached hydrogen (secondary N) is 1. The highest BCUT2D eigenvalue weighted by atomic mass is 31.2.